The Kier molecular flexibility index (Phi) is 3.98. The van der Waals surface area contributed by atoms with Gasteiger partial charge in [-0.1, -0.05) is 0 Å². The van der Waals surface area contributed by atoms with E-state index in [2.05, 4.69) is 10.00 Å². The Morgan fingerprint density at radius 2 is 2.04 bits per heavy atom. The number of aromatic nitrogens is 2. The summed E-state index contributed by atoms with van der Waals surface area (Å²) in [6.07, 6.45) is 6.22. The molecule has 126 valence electrons. The van der Waals surface area contributed by atoms with Crippen molar-refractivity contribution in [2.24, 2.45) is 5.92 Å². The summed E-state index contributed by atoms with van der Waals surface area (Å²) in [5.74, 6) is 0.788. The van der Waals surface area contributed by atoms with E-state index in [0.717, 1.165) is 51.0 Å². The van der Waals surface area contributed by atoms with E-state index in [1.54, 1.807) is 4.90 Å². The van der Waals surface area contributed by atoms with Gasteiger partial charge in [0, 0.05) is 59.2 Å². The summed E-state index contributed by atoms with van der Waals surface area (Å²) in [4.78, 5) is 18.1. The molecule has 4 rings (SSSR count). The molecule has 3 aliphatic rings. The van der Waals surface area contributed by atoms with Crippen LogP contribution in [0.4, 0.5) is 10.5 Å². The fraction of sp³-hybridized carbons (Fsp3) is 0.750. The van der Waals surface area contributed by atoms with E-state index in [1.165, 1.54) is 19.4 Å². The first kappa shape index (κ1) is 15.0. The number of urea groups is 1. The fourth-order valence-corrected chi connectivity index (χ4v) is 3.71. The van der Waals surface area contributed by atoms with E-state index in [-0.39, 0.29) is 6.03 Å². The molecule has 0 aliphatic carbocycles. The van der Waals surface area contributed by atoms with E-state index >= 15 is 0 Å². The maximum Gasteiger partial charge on any atom is 0.324 e. The number of carbonyl (C=O) groups excluding carboxylic acids is 1. The zero-order valence-corrected chi connectivity index (χ0v) is 13.7. The molecule has 3 saturated heterocycles. The zero-order valence-electron chi connectivity index (χ0n) is 13.7. The molecule has 0 N–H and O–H groups in total. The minimum atomic E-state index is 0.0688. The Morgan fingerprint density at radius 3 is 2.74 bits per heavy atom. The maximum absolute atomic E-state index is 12.0. The lowest BCUT2D eigenvalue weighted by Gasteiger charge is -2.41. The zero-order chi connectivity index (χ0) is 15.8. The van der Waals surface area contributed by atoms with Gasteiger partial charge in [0.15, 0.2) is 0 Å². The summed E-state index contributed by atoms with van der Waals surface area (Å²) in [6.45, 7) is 6.68. The number of carbonyl (C=O) groups is 1. The minimum absolute atomic E-state index is 0.0688. The third-order valence-corrected chi connectivity index (χ3v) is 5.29. The van der Waals surface area contributed by atoms with Crippen LogP contribution in [-0.4, -0.2) is 78.6 Å². The first-order valence-corrected chi connectivity index (χ1v) is 8.57. The summed E-state index contributed by atoms with van der Waals surface area (Å²) in [7, 11) is 1.84. The van der Waals surface area contributed by atoms with Crippen LogP contribution >= 0.6 is 0 Å². The first-order chi connectivity index (χ1) is 11.2. The van der Waals surface area contributed by atoms with Crippen LogP contribution in [0.3, 0.4) is 0 Å². The summed E-state index contributed by atoms with van der Waals surface area (Å²) in [5, 5.41) is 4.48. The molecule has 0 unspecified atom stereocenters. The summed E-state index contributed by atoms with van der Waals surface area (Å²) in [5.41, 5.74) is 0.919. The molecule has 2 amide bonds. The van der Waals surface area contributed by atoms with E-state index in [9.17, 15) is 4.79 Å². The molecule has 7 nitrogen and oxygen atoms in total. The van der Waals surface area contributed by atoms with Crippen LogP contribution in [0.5, 0.6) is 0 Å². The molecule has 0 aromatic carbocycles. The molecule has 0 atom stereocenters. The van der Waals surface area contributed by atoms with Gasteiger partial charge in [0.05, 0.1) is 17.9 Å². The molecular formula is C16H25N5O2. The van der Waals surface area contributed by atoms with Crippen LogP contribution in [0.2, 0.25) is 0 Å². The number of amides is 2. The molecule has 0 spiro atoms. The van der Waals surface area contributed by atoms with Gasteiger partial charge in [-0.3, -0.25) is 14.5 Å². The van der Waals surface area contributed by atoms with E-state index < -0.39 is 0 Å². The third kappa shape index (κ3) is 2.95. The molecule has 4 heterocycles. The summed E-state index contributed by atoms with van der Waals surface area (Å²) >= 11 is 0. The van der Waals surface area contributed by atoms with Crippen LogP contribution in [0, 0.1) is 5.92 Å². The molecule has 0 radical (unpaired) electrons. The van der Waals surface area contributed by atoms with Crippen molar-refractivity contribution in [2.75, 3.05) is 57.9 Å². The Balaban J connectivity index is 1.30. The molecule has 1 aromatic rings. The molecule has 23 heavy (non-hydrogen) atoms. The van der Waals surface area contributed by atoms with Crippen molar-refractivity contribution in [1.29, 1.82) is 0 Å². The van der Waals surface area contributed by atoms with Crippen molar-refractivity contribution >= 4 is 11.7 Å². The van der Waals surface area contributed by atoms with Gasteiger partial charge in [0.25, 0.3) is 0 Å². The lowest BCUT2D eigenvalue weighted by atomic mass is 9.97. The standard InChI is InChI=1S/C16H25N5O2/c1-18-4-5-20(16(18)22)14-8-17-21(12-14)15-10-19(11-15)9-13-2-6-23-7-3-13/h8,12-13,15H,2-7,9-11H2,1H3. The highest BCUT2D eigenvalue weighted by Crippen LogP contribution is 2.27. The second-order valence-electron chi connectivity index (χ2n) is 6.96. The number of hydrogen-bond donors (Lipinski definition) is 0. The van der Waals surface area contributed by atoms with Gasteiger partial charge in [-0.25, -0.2) is 4.79 Å². The number of likely N-dealkylation sites (N-methyl/N-ethyl adjacent to an activating group) is 1. The van der Waals surface area contributed by atoms with Crippen molar-refractivity contribution in [3.8, 4) is 0 Å². The van der Waals surface area contributed by atoms with Crippen molar-refractivity contribution in [1.82, 2.24) is 19.6 Å². The van der Waals surface area contributed by atoms with E-state index in [1.807, 2.05) is 29.0 Å². The quantitative estimate of drug-likeness (QED) is 0.832. The van der Waals surface area contributed by atoms with Gasteiger partial charge >= 0.3 is 6.03 Å². The van der Waals surface area contributed by atoms with Gasteiger partial charge in [-0.15, -0.1) is 0 Å². The Hall–Kier alpha value is -1.60. The third-order valence-electron chi connectivity index (χ3n) is 5.29. The van der Waals surface area contributed by atoms with Crippen LogP contribution in [0.1, 0.15) is 18.9 Å². The number of likely N-dealkylation sites (tertiary alicyclic amines) is 1. The number of nitrogens with zero attached hydrogens (tertiary/aromatic N) is 5. The van der Waals surface area contributed by atoms with Crippen LogP contribution in [-0.2, 0) is 4.74 Å². The maximum atomic E-state index is 12.0. The fourth-order valence-electron chi connectivity index (χ4n) is 3.71. The molecular weight excluding hydrogens is 294 g/mol. The van der Waals surface area contributed by atoms with Crippen molar-refractivity contribution in [2.45, 2.75) is 18.9 Å². The highest BCUT2D eigenvalue weighted by Gasteiger charge is 2.32. The number of anilines is 1. The van der Waals surface area contributed by atoms with Gasteiger partial charge < -0.3 is 9.64 Å². The highest BCUT2D eigenvalue weighted by atomic mass is 16.5. The van der Waals surface area contributed by atoms with Gasteiger partial charge in [-0.2, -0.15) is 5.10 Å². The van der Waals surface area contributed by atoms with Crippen molar-refractivity contribution in [3.05, 3.63) is 12.4 Å². The van der Waals surface area contributed by atoms with Gasteiger partial charge in [-0.05, 0) is 18.8 Å². The number of rotatable bonds is 4. The SMILES string of the molecule is CN1CCN(c2cnn(C3CN(CC4CCOCC4)C3)c2)C1=O. The second-order valence-corrected chi connectivity index (χ2v) is 6.96. The first-order valence-electron chi connectivity index (χ1n) is 8.57. The van der Waals surface area contributed by atoms with Crippen LogP contribution < -0.4 is 4.90 Å². The van der Waals surface area contributed by atoms with Gasteiger partial charge in [0.1, 0.15) is 0 Å². The van der Waals surface area contributed by atoms with Crippen LogP contribution in [0.15, 0.2) is 12.4 Å². The lowest BCUT2D eigenvalue weighted by Crippen LogP contribution is -2.50. The lowest BCUT2D eigenvalue weighted by molar-refractivity contribution is 0.0257. The van der Waals surface area contributed by atoms with E-state index in [4.69, 9.17) is 4.74 Å². The van der Waals surface area contributed by atoms with Crippen molar-refractivity contribution in [3.63, 3.8) is 0 Å². The van der Waals surface area contributed by atoms with Crippen LogP contribution in [0.25, 0.3) is 0 Å². The topological polar surface area (TPSA) is 53.8 Å². The predicted octanol–water partition coefficient (Wildman–Crippen LogP) is 1.04. The Morgan fingerprint density at radius 1 is 1.26 bits per heavy atom. The monoisotopic (exact) mass is 319 g/mol. The molecule has 0 saturated carbocycles. The predicted molar refractivity (Wildman–Crippen MR) is 86.6 cm³/mol. The second kappa shape index (κ2) is 6.13. The van der Waals surface area contributed by atoms with E-state index in [0.29, 0.717) is 6.04 Å². The average Bonchev–Trinajstić information content (AvgIpc) is 3.12. The Bertz CT molecular complexity index is 563. The van der Waals surface area contributed by atoms with Crippen molar-refractivity contribution < 1.29 is 9.53 Å². The minimum Gasteiger partial charge on any atom is -0.381 e. The molecule has 7 heteroatoms. The highest BCUT2D eigenvalue weighted by molar-refractivity contribution is 5.93. The Labute approximate surface area is 136 Å². The number of ether oxygens (including phenoxy) is 1. The summed E-state index contributed by atoms with van der Waals surface area (Å²) < 4.78 is 7.45. The average molecular weight is 319 g/mol. The number of hydrogen-bond acceptors (Lipinski definition) is 4. The molecule has 1 aromatic heterocycles. The van der Waals surface area contributed by atoms with Gasteiger partial charge in [0.2, 0.25) is 0 Å². The molecule has 3 fully saturated rings. The smallest absolute Gasteiger partial charge is 0.324 e. The molecule has 0 bridgehead atoms. The summed E-state index contributed by atoms with van der Waals surface area (Å²) in [6, 6.07) is 0.512. The molecule has 3 aliphatic heterocycles. The normalized spacial score (nSPS) is 24.5. The largest absolute Gasteiger partial charge is 0.381 e.